The molecular weight excluding hydrogens is 410 g/mol. The number of anilines is 3. The van der Waals surface area contributed by atoms with Crippen molar-refractivity contribution in [2.45, 2.75) is 13.0 Å². The SMILES string of the molecule is COc1ccccc1Nc1ncc2c(n1)CN(C(=O)Cc1ccc3c(c1)OCO3)CCN2. The molecule has 9 nitrogen and oxygen atoms in total. The molecule has 2 aliphatic rings. The van der Waals surface area contributed by atoms with Crippen molar-refractivity contribution in [2.24, 2.45) is 0 Å². The van der Waals surface area contributed by atoms with Crippen LogP contribution in [0.3, 0.4) is 0 Å². The third kappa shape index (κ3) is 4.09. The summed E-state index contributed by atoms with van der Waals surface area (Å²) < 4.78 is 16.1. The highest BCUT2D eigenvalue weighted by Gasteiger charge is 2.22. The third-order valence-corrected chi connectivity index (χ3v) is 5.40. The molecule has 0 spiro atoms. The first-order valence-electron chi connectivity index (χ1n) is 10.4. The van der Waals surface area contributed by atoms with Crippen LogP contribution in [0.15, 0.2) is 48.7 Å². The van der Waals surface area contributed by atoms with Gasteiger partial charge in [0.2, 0.25) is 18.6 Å². The topological polar surface area (TPSA) is 97.8 Å². The quantitative estimate of drug-likeness (QED) is 0.634. The number of nitrogens with zero attached hydrogens (tertiary/aromatic N) is 3. The van der Waals surface area contributed by atoms with E-state index in [2.05, 4.69) is 20.6 Å². The van der Waals surface area contributed by atoms with Gasteiger partial charge in [-0.2, -0.15) is 0 Å². The number of aromatic nitrogens is 2. The Morgan fingerprint density at radius 3 is 3.00 bits per heavy atom. The van der Waals surface area contributed by atoms with Crippen LogP contribution in [0.2, 0.25) is 0 Å². The Hall–Kier alpha value is -4.01. The minimum absolute atomic E-state index is 0.0244. The number of methoxy groups -OCH3 is 1. The molecule has 3 heterocycles. The highest BCUT2D eigenvalue weighted by Crippen LogP contribution is 2.33. The Bertz CT molecular complexity index is 1150. The van der Waals surface area contributed by atoms with Crippen LogP contribution in [0.25, 0.3) is 0 Å². The van der Waals surface area contributed by atoms with E-state index in [1.807, 2.05) is 47.4 Å². The molecule has 2 aliphatic heterocycles. The summed E-state index contributed by atoms with van der Waals surface area (Å²) in [6, 6.07) is 13.2. The van der Waals surface area contributed by atoms with Gasteiger partial charge >= 0.3 is 0 Å². The second kappa shape index (κ2) is 8.62. The van der Waals surface area contributed by atoms with Gasteiger partial charge < -0.3 is 29.7 Å². The van der Waals surface area contributed by atoms with E-state index in [4.69, 9.17) is 14.2 Å². The minimum atomic E-state index is 0.0244. The molecule has 0 saturated carbocycles. The molecule has 0 fully saturated rings. The lowest BCUT2D eigenvalue weighted by Gasteiger charge is -2.20. The van der Waals surface area contributed by atoms with E-state index in [0.717, 1.165) is 22.6 Å². The molecule has 32 heavy (non-hydrogen) atoms. The van der Waals surface area contributed by atoms with Gasteiger partial charge in [-0.15, -0.1) is 0 Å². The predicted octanol–water partition coefficient (Wildman–Crippen LogP) is 2.95. The molecule has 0 aliphatic carbocycles. The Kier molecular flexibility index (Phi) is 5.37. The smallest absolute Gasteiger partial charge is 0.231 e. The van der Waals surface area contributed by atoms with Crippen molar-refractivity contribution in [1.29, 1.82) is 0 Å². The van der Waals surface area contributed by atoms with E-state index in [1.54, 1.807) is 13.3 Å². The van der Waals surface area contributed by atoms with Crippen molar-refractivity contribution in [3.05, 3.63) is 59.9 Å². The molecule has 3 aromatic rings. The Morgan fingerprint density at radius 1 is 1.22 bits per heavy atom. The number of ether oxygens (including phenoxy) is 3. The van der Waals surface area contributed by atoms with E-state index in [9.17, 15) is 4.79 Å². The predicted molar refractivity (Wildman–Crippen MR) is 118 cm³/mol. The molecule has 0 radical (unpaired) electrons. The maximum atomic E-state index is 13.0. The van der Waals surface area contributed by atoms with Crippen molar-refractivity contribution in [1.82, 2.24) is 14.9 Å². The van der Waals surface area contributed by atoms with Crippen LogP contribution in [0, 0.1) is 0 Å². The first-order chi connectivity index (χ1) is 15.7. The molecule has 9 heteroatoms. The van der Waals surface area contributed by atoms with Gasteiger partial charge in [0, 0.05) is 13.1 Å². The van der Waals surface area contributed by atoms with E-state index < -0.39 is 0 Å². The first kappa shape index (κ1) is 19.9. The maximum absolute atomic E-state index is 13.0. The Morgan fingerprint density at radius 2 is 2.09 bits per heavy atom. The summed E-state index contributed by atoms with van der Waals surface area (Å²) >= 11 is 0. The average Bonchev–Trinajstić information content (AvgIpc) is 3.17. The van der Waals surface area contributed by atoms with Gasteiger partial charge in [0.1, 0.15) is 5.75 Å². The maximum Gasteiger partial charge on any atom is 0.231 e. The molecule has 0 atom stereocenters. The summed E-state index contributed by atoms with van der Waals surface area (Å²) in [5.74, 6) is 2.56. The summed E-state index contributed by atoms with van der Waals surface area (Å²) in [5, 5.41) is 6.51. The average molecular weight is 433 g/mol. The van der Waals surface area contributed by atoms with Crippen LogP contribution in [0.5, 0.6) is 17.2 Å². The third-order valence-electron chi connectivity index (χ3n) is 5.40. The Labute approximate surface area is 185 Å². The van der Waals surface area contributed by atoms with E-state index in [1.165, 1.54) is 0 Å². The Balaban J connectivity index is 1.32. The fourth-order valence-electron chi connectivity index (χ4n) is 3.75. The molecule has 1 amide bonds. The van der Waals surface area contributed by atoms with Gasteiger partial charge in [0.05, 0.1) is 43.3 Å². The number of fused-ring (bicyclic) bond motifs is 2. The van der Waals surface area contributed by atoms with Crippen molar-refractivity contribution >= 4 is 23.2 Å². The van der Waals surface area contributed by atoms with E-state index in [0.29, 0.717) is 42.8 Å². The summed E-state index contributed by atoms with van der Waals surface area (Å²) in [7, 11) is 1.62. The molecule has 164 valence electrons. The highest BCUT2D eigenvalue weighted by molar-refractivity contribution is 5.79. The number of para-hydroxylation sites is 2. The number of carbonyl (C=O) groups is 1. The molecule has 0 bridgehead atoms. The molecule has 2 aromatic carbocycles. The van der Waals surface area contributed by atoms with Crippen molar-refractivity contribution in [3.8, 4) is 17.2 Å². The normalized spacial score (nSPS) is 14.2. The van der Waals surface area contributed by atoms with Gasteiger partial charge in [0.25, 0.3) is 0 Å². The number of carbonyl (C=O) groups excluding carboxylic acids is 1. The van der Waals surface area contributed by atoms with Gasteiger partial charge in [-0.1, -0.05) is 18.2 Å². The van der Waals surface area contributed by atoms with Gasteiger partial charge in [-0.3, -0.25) is 4.79 Å². The number of amides is 1. The van der Waals surface area contributed by atoms with Crippen LogP contribution in [-0.2, 0) is 17.8 Å². The summed E-state index contributed by atoms with van der Waals surface area (Å²) in [6.45, 7) is 1.82. The van der Waals surface area contributed by atoms with Gasteiger partial charge in [0.15, 0.2) is 11.5 Å². The zero-order valence-electron chi connectivity index (χ0n) is 17.6. The molecule has 1 aromatic heterocycles. The monoisotopic (exact) mass is 433 g/mol. The summed E-state index contributed by atoms with van der Waals surface area (Å²) in [6.07, 6.45) is 2.02. The van der Waals surface area contributed by atoms with Gasteiger partial charge in [-0.25, -0.2) is 9.97 Å². The molecule has 0 saturated heterocycles. The van der Waals surface area contributed by atoms with Crippen LogP contribution in [0.1, 0.15) is 11.3 Å². The number of hydrogen-bond acceptors (Lipinski definition) is 8. The number of benzene rings is 2. The summed E-state index contributed by atoms with van der Waals surface area (Å²) in [5.41, 5.74) is 3.24. The zero-order chi connectivity index (χ0) is 21.9. The number of nitrogens with one attached hydrogen (secondary N) is 2. The lowest BCUT2D eigenvalue weighted by molar-refractivity contribution is -0.130. The molecule has 0 unspecified atom stereocenters. The fraction of sp³-hybridized carbons (Fsp3) is 0.261. The second-order valence-electron chi connectivity index (χ2n) is 7.49. The lowest BCUT2D eigenvalue weighted by atomic mass is 10.1. The van der Waals surface area contributed by atoms with Gasteiger partial charge in [-0.05, 0) is 29.8 Å². The standard InChI is InChI=1S/C23H23N5O4/c1-30-19-5-3-2-4-16(19)26-23-25-12-17-18(27-23)13-28(9-8-24-17)22(29)11-15-6-7-20-21(10-15)32-14-31-20/h2-7,10,12,24H,8-9,11,13-14H2,1H3,(H,25,26,27). The van der Waals surface area contributed by atoms with Crippen molar-refractivity contribution in [2.75, 3.05) is 37.6 Å². The van der Waals surface area contributed by atoms with Crippen LogP contribution < -0.4 is 24.8 Å². The van der Waals surface area contributed by atoms with Crippen molar-refractivity contribution in [3.63, 3.8) is 0 Å². The highest BCUT2D eigenvalue weighted by atomic mass is 16.7. The second-order valence-corrected chi connectivity index (χ2v) is 7.49. The van der Waals surface area contributed by atoms with E-state index >= 15 is 0 Å². The fourth-order valence-corrected chi connectivity index (χ4v) is 3.75. The van der Waals surface area contributed by atoms with Crippen LogP contribution in [0.4, 0.5) is 17.3 Å². The zero-order valence-corrected chi connectivity index (χ0v) is 17.6. The lowest BCUT2D eigenvalue weighted by Crippen LogP contribution is -2.34. The van der Waals surface area contributed by atoms with Crippen LogP contribution in [-0.4, -0.2) is 47.8 Å². The molecule has 5 rings (SSSR count). The van der Waals surface area contributed by atoms with E-state index in [-0.39, 0.29) is 19.1 Å². The molecular formula is C23H23N5O4. The van der Waals surface area contributed by atoms with Crippen molar-refractivity contribution < 1.29 is 19.0 Å². The number of hydrogen-bond donors (Lipinski definition) is 2. The van der Waals surface area contributed by atoms with Crippen LogP contribution >= 0.6 is 0 Å². The number of rotatable bonds is 5. The first-order valence-corrected chi connectivity index (χ1v) is 10.4. The summed E-state index contributed by atoms with van der Waals surface area (Å²) in [4.78, 5) is 23.9. The minimum Gasteiger partial charge on any atom is -0.495 e. The largest absolute Gasteiger partial charge is 0.495 e. The molecule has 2 N–H and O–H groups in total.